The molecule has 2 aliphatic heterocycles. The van der Waals surface area contributed by atoms with Gasteiger partial charge in [-0.2, -0.15) is 0 Å². The molecule has 3 amide bonds. The Balaban J connectivity index is 1.82. The van der Waals surface area contributed by atoms with Crippen LogP contribution in [0.2, 0.25) is 0 Å². The van der Waals surface area contributed by atoms with E-state index in [1.165, 1.54) is 0 Å². The van der Waals surface area contributed by atoms with Crippen molar-refractivity contribution in [3.63, 3.8) is 0 Å². The molecule has 2 saturated heterocycles. The maximum Gasteiger partial charge on any atom is 0.274 e. The summed E-state index contributed by atoms with van der Waals surface area (Å²) < 4.78 is 24.4. The van der Waals surface area contributed by atoms with Crippen LogP contribution in [0.1, 0.15) is 5.56 Å². The number of aliphatic hydroxyl groups excluding tert-OH is 1. The number of carbonyl (C=O) groups is 3. The molecule has 2 fully saturated rings. The van der Waals surface area contributed by atoms with Crippen molar-refractivity contribution in [1.82, 2.24) is 15.5 Å². The van der Waals surface area contributed by atoms with Gasteiger partial charge >= 0.3 is 0 Å². The molecule has 0 radical (unpaired) electrons. The summed E-state index contributed by atoms with van der Waals surface area (Å²) in [6.45, 7) is -0.120. The number of hydrogen-bond acceptors (Lipinski definition) is 7. The third-order valence-corrected chi connectivity index (χ3v) is 6.54. The molecule has 2 unspecified atom stereocenters. The Morgan fingerprint density at radius 2 is 1.96 bits per heavy atom. The lowest BCUT2D eigenvalue weighted by Gasteiger charge is -2.57. The molecule has 0 bridgehead atoms. The third kappa shape index (κ3) is 2.87. The molecule has 0 aliphatic carbocycles. The van der Waals surface area contributed by atoms with Gasteiger partial charge in [-0.15, -0.1) is 0 Å². The number of carbonyl (C=O) groups excluding carboxylic acids is 3. The first-order valence-electron chi connectivity index (χ1n) is 8.11. The molecule has 4 N–H and O–H groups in total. The van der Waals surface area contributed by atoms with E-state index in [0.29, 0.717) is 11.2 Å². The Hall–Kier alpha value is -2.50. The van der Waals surface area contributed by atoms with Crippen LogP contribution in [-0.4, -0.2) is 77.3 Å². The summed E-state index contributed by atoms with van der Waals surface area (Å²) in [5, 5.41) is 24.1. The SMILES string of the molecule is CS(=O)(=O)C1(C(O)O)C(=O)NC[C@@H]2C(NC(=O)Cc3ccccc3)C(=O)N21. The summed E-state index contributed by atoms with van der Waals surface area (Å²) >= 11 is 0. The van der Waals surface area contributed by atoms with E-state index < -0.39 is 50.8 Å². The van der Waals surface area contributed by atoms with E-state index in [2.05, 4.69) is 10.6 Å². The fourth-order valence-electron chi connectivity index (χ4n) is 3.54. The molecule has 1 aromatic rings. The largest absolute Gasteiger partial charge is 0.365 e. The zero-order valence-electron chi connectivity index (χ0n) is 14.3. The average molecular weight is 397 g/mol. The molecule has 3 rings (SSSR count). The number of rotatable bonds is 5. The summed E-state index contributed by atoms with van der Waals surface area (Å²) in [6, 6.07) is 6.83. The highest BCUT2D eigenvalue weighted by Crippen LogP contribution is 2.38. The third-order valence-electron chi connectivity index (χ3n) is 4.81. The number of nitrogens with one attached hydrogen (secondary N) is 2. The fraction of sp³-hybridized carbons (Fsp3) is 0.438. The Bertz CT molecular complexity index is 887. The molecule has 0 aromatic heterocycles. The highest BCUT2D eigenvalue weighted by molar-refractivity contribution is 7.92. The molecule has 11 heteroatoms. The molecule has 2 aliphatic rings. The van der Waals surface area contributed by atoms with Crippen LogP contribution in [0.15, 0.2) is 30.3 Å². The van der Waals surface area contributed by atoms with E-state index >= 15 is 0 Å². The van der Waals surface area contributed by atoms with Crippen molar-refractivity contribution in [3.05, 3.63) is 35.9 Å². The lowest BCUT2D eigenvalue weighted by atomic mass is 9.88. The molecular weight excluding hydrogens is 378 g/mol. The molecule has 146 valence electrons. The van der Waals surface area contributed by atoms with Crippen molar-refractivity contribution in [2.75, 3.05) is 12.8 Å². The second-order valence-electron chi connectivity index (χ2n) is 6.54. The van der Waals surface area contributed by atoms with Gasteiger partial charge in [0.25, 0.3) is 10.8 Å². The van der Waals surface area contributed by atoms with Gasteiger partial charge < -0.3 is 25.7 Å². The number of benzene rings is 1. The number of amides is 3. The van der Waals surface area contributed by atoms with Crippen molar-refractivity contribution in [1.29, 1.82) is 0 Å². The molecule has 0 saturated carbocycles. The lowest BCUT2D eigenvalue weighted by Crippen LogP contribution is -2.87. The van der Waals surface area contributed by atoms with Crippen LogP contribution >= 0.6 is 0 Å². The van der Waals surface area contributed by atoms with E-state index in [0.717, 1.165) is 5.56 Å². The van der Waals surface area contributed by atoms with Gasteiger partial charge in [0.1, 0.15) is 6.04 Å². The minimum absolute atomic E-state index is 0.0174. The topological polar surface area (TPSA) is 153 Å². The van der Waals surface area contributed by atoms with Gasteiger partial charge in [-0.3, -0.25) is 14.4 Å². The maximum absolute atomic E-state index is 12.5. The first-order valence-corrected chi connectivity index (χ1v) is 10.0. The van der Waals surface area contributed by atoms with Crippen LogP contribution in [0, 0.1) is 0 Å². The number of piperazine rings is 1. The van der Waals surface area contributed by atoms with Crippen molar-refractivity contribution in [2.24, 2.45) is 0 Å². The van der Waals surface area contributed by atoms with Crippen LogP contribution in [0.4, 0.5) is 0 Å². The van der Waals surface area contributed by atoms with Crippen LogP contribution in [0.25, 0.3) is 0 Å². The molecule has 3 atom stereocenters. The number of nitrogens with zero attached hydrogens (tertiary/aromatic N) is 1. The van der Waals surface area contributed by atoms with E-state index in [4.69, 9.17) is 0 Å². The van der Waals surface area contributed by atoms with Gasteiger partial charge in [-0.05, 0) is 5.56 Å². The lowest BCUT2D eigenvalue weighted by molar-refractivity contribution is -0.193. The summed E-state index contributed by atoms with van der Waals surface area (Å²) in [5.41, 5.74) is 0.729. The highest BCUT2D eigenvalue weighted by atomic mass is 32.2. The number of β-lactam (4-membered cyclic amide) rings is 1. The summed E-state index contributed by atoms with van der Waals surface area (Å²) in [7, 11) is -4.42. The second kappa shape index (κ2) is 6.59. The smallest absolute Gasteiger partial charge is 0.274 e. The van der Waals surface area contributed by atoms with Gasteiger partial charge in [-0.1, -0.05) is 30.3 Å². The Kier molecular flexibility index (Phi) is 4.70. The van der Waals surface area contributed by atoms with E-state index in [9.17, 15) is 33.0 Å². The fourth-order valence-corrected chi connectivity index (χ4v) is 4.92. The van der Waals surface area contributed by atoms with E-state index in [1.807, 2.05) is 0 Å². The number of hydrogen-bond donors (Lipinski definition) is 4. The van der Waals surface area contributed by atoms with Crippen molar-refractivity contribution in [2.45, 2.75) is 29.7 Å². The van der Waals surface area contributed by atoms with Gasteiger partial charge in [-0.25, -0.2) is 8.42 Å². The standard InChI is InChI=1S/C16H19N3O7S/c1-27(25,26)16(15(23)24)14(22)17-8-10-12(13(21)19(10)16)18-11(20)7-9-5-3-2-4-6-9/h2-6,10,12,15,23-24H,7-8H2,1H3,(H,17,22)(H,18,20)/t10-,12?,16?/m1/s1. The first kappa shape index (κ1) is 19.3. The minimum Gasteiger partial charge on any atom is -0.365 e. The molecule has 2 heterocycles. The average Bonchev–Trinajstić information content (AvgIpc) is 2.59. The van der Waals surface area contributed by atoms with Crippen LogP contribution in [0.5, 0.6) is 0 Å². The number of aliphatic hydroxyl groups is 2. The normalized spacial score (nSPS) is 27.6. The quantitative estimate of drug-likeness (QED) is 0.307. The van der Waals surface area contributed by atoms with Gasteiger partial charge in [0.15, 0.2) is 16.1 Å². The summed E-state index contributed by atoms with van der Waals surface area (Å²) in [6.07, 6.45) is -1.98. The second-order valence-corrected chi connectivity index (χ2v) is 8.70. The Morgan fingerprint density at radius 1 is 1.33 bits per heavy atom. The molecule has 0 spiro atoms. The summed E-state index contributed by atoms with van der Waals surface area (Å²) in [4.78, 5) is 34.8. The molecule has 27 heavy (non-hydrogen) atoms. The van der Waals surface area contributed by atoms with E-state index in [1.54, 1.807) is 30.3 Å². The summed E-state index contributed by atoms with van der Waals surface area (Å²) in [5.74, 6) is -2.51. The minimum atomic E-state index is -4.42. The van der Waals surface area contributed by atoms with E-state index in [-0.39, 0.29) is 13.0 Å². The molecular formula is C16H19N3O7S. The van der Waals surface area contributed by atoms with Crippen LogP contribution in [-0.2, 0) is 30.6 Å². The van der Waals surface area contributed by atoms with Crippen LogP contribution in [0.3, 0.4) is 0 Å². The maximum atomic E-state index is 12.5. The molecule has 10 nitrogen and oxygen atoms in total. The predicted octanol–water partition coefficient (Wildman–Crippen LogP) is -2.89. The Morgan fingerprint density at radius 3 is 2.52 bits per heavy atom. The van der Waals surface area contributed by atoms with Crippen LogP contribution < -0.4 is 10.6 Å². The van der Waals surface area contributed by atoms with Crippen molar-refractivity contribution in [3.8, 4) is 0 Å². The zero-order valence-corrected chi connectivity index (χ0v) is 15.1. The van der Waals surface area contributed by atoms with Gasteiger partial charge in [0, 0.05) is 12.8 Å². The van der Waals surface area contributed by atoms with Gasteiger partial charge in [0.05, 0.1) is 12.5 Å². The van der Waals surface area contributed by atoms with Crippen molar-refractivity contribution >= 4 is 27.6 Å². The molecule has 1 aromatic carbocycles. The monoisotopic (exact) mass is 397 g/mol. The van der Waals surface area contributed by atoms with Crippen molar-refractivity contribution < 1.29 is 33.0 Å². The number of fused-ring (bicyclic) bond motifs is 1. The highest BCUT2D eigenvalue weighted by Gasteiger charge is 2.70. The predicted molar refractivity (Wildman–Crippen MR) is 91.5 cm³/mol. The number of sulfone groups is 1. The Labute approximate surface area is 155 Å². The zero-order chi connectivity index (χ0) is 20.0. The van der Waals surface area contributed by atoms with Gasteiger partial charge in [0.2, 0.25) is 11.8 Å². The first-order chi connectivity index (χ1) is 12.6.